The number of aromatic nitrogens is 2. The first kappa shape index (κ1) is 15.5. The zero-order valence-electron chi connectivity index (χ0n) is 13.7. The normalized spacial score (nSPS) is 14.6. The number of carbonyl (C=O) groups excluding carboxylic acids is 1. The van der Waals surface area contributed by atoms with Crippen LogP contribution in [0.15, 0.2) is 36.4 Å². The zero-order valence-corrected chi connectivity index (χ0v) is 13.7. The van der Waals surface area contributed by atoms with Crippen LogP contribution in [0.25, 0.3) is 0 Å². The number of hydrogen-bond acceptors (Lipinski definition) is 4. The molecule has 1 fully saturated rings. The molecule has 0 radical (unpaired) electrons. The Bertz CT molecular complexity index is 681. The Morgan fingerprint density at radius 3 is 2.48 bits per heavy atom. The Labute approximate surface area is 137 Å². The summed E-state index contributed by atoms with van der Waals surface area (Å²) in [5.41, 5.74) is 2.13. The van der Waals surface area contributed by atoms with Crippen LogP contribution in [0, 0.1) is 6.92 Å². The predicted molar refractivity (Wildman–Crippen MR) is 92.0 cm³/mol. The number of aryl methyl sites for hydroxylation is 1. The number of anilines is 2. The third-order valence-electron chi connectivity index (χ3n) is 4.15. The van der Waals surface area contributed by atoms with Crippen molar-refractivity contribution in [3.8, 4) is 0 Å². The van der Waals surface area contributed by atoms with Crippen molar-refractivity contribution in [3.63, 3.8) is 0 Å². The van der Waals surface area contributed by atoms with Gasteiger partial charge in [-0.15, -0.1) is 0 Å². The molecule has 0 N–H and O–H groups in total. The molecule has 2 aromatic rings. The van der Waals surface area contributed by atoms with Gasteiger partial charge in [-0.05, 0) is 44.4 Å². The van der Waals surface area contributed by atoms with Crippen LogP contribution in [-0.2, 0) is 0 Å². The van der Waals surface area contributed by atoms with Crippen molar-refractivity contribution >= 4 is 17.5 Å². The largest absolute Gasteiger partial charge is 0.341 e. The maximum atomic E-state index is 12.7. The van der Waals surface area contributed by atoms with Gasteiger partial charge in [0.25, 0.3) is 5.91 Å². The average Bonchev–Trinajstić information content (AvgIpc) is 2.61. The number of carbonyl (C=O) groups is 1. The lowest BCUT2D eigenvalue weighted by Crippen LogP contribution is -2.33. The highest BCUT2D eigenvalue weighted by Gasteiger charge is 2.19. The molecule has 0 atom stereocenters. The van der Waals surface area contributed by atoms with Crippen LogP contribution in [0.2, 0.25) is 0 Å². The summed E-state index contributed by atoms with van der Waals surface area (Å²) in [4.78, 5) is 25.6. The minimum atomic E-state index is -0.111. The summed E-state index contributed by atoms with van der Waals surface area (Å²) in [5, 5.41) is 0. The molecule has 5 heteroatoms. The van der Waals surface area contributed by atoms with Gasteiger partial charge in [-0.2, -0.15) is 0 Å². The second-order valence-electron chi connectivity index (χ2n) is 5.94. The minimum absolute atomic E-state index is 0.111. The van der Waals surface area contributed by atoms with Crippen molar-refractivity contribution in [1.82, 2.24) is 9.97 Å². The number of amides is 1. The maximum absolute atomic E-state index is 12.7. The van der Waals surface area contributed by atoms with Crippen LogP contribution in [-0.4, -0.2) is 36.0 Å². The van der Waals surface area contributed by atoms with Crippen LogP contribution in [0.5, 0.6) is 0 Å². The Morgan fingerprint density at radius 1 is 1.09 bits per heavy atom. The van der Waals surface area contributed by atoms with E-state index in [1.54, 1.807) is 18.0 Å². The van der Waals surface area contributed by atoms with Crippen LogP contribution in [0.4, 0.5) is 11.6 Å². The van der Waals surface area contributed by atoms with Gasteiger partial charge in [0.05, 0.1) is 0 Å². The summed E-state index contributed by atoms with van der Waals surface area (Å²) in [6.07, 6.45) is 3.57. The van der Waals surface area contributed by atoms with Crippen molar-refractivity contribution < 1.29 is 4.79 Å². The van der Waals surface area contributed by atoms with Gasteiger partial charge in [-0.25, -0.2) is 9.97 Å². The fraction of sp³-hybridized carbons (Fsp3) is 0.389. The predicted octanol–water partition coefficient (Wildman–Crippen LogP) is 3.05. The van der Waals surface area contributed by atoms with Gasteiger partial charge >= 0.3 is 0 Å². The fourth-order valence-corrected chi connectivity index (χ4v) is 2.84. The van der Waals surface area contributed by atoms with Gasteiger partial charge in [0.2, 0.25) is 5.95 Å². The third-order valence-corrected chi connectivity index (χ3v) is 4.15. The molecule has 5 nitrogen and oxygen atoms in total. The first-order chi connectivity index (χ1) is 11.1. The summed E-state index contributed by atoms with van der Waals surface area (Å²) >= 11 is 0. The van der Waals surface area contributed by atoms with Crippen LogP contribution in [0.3, 0.4) is 0 Å². The molecule has 0 aliphatic carbocycles. The molecule has 0 spiro atoms. The van der Waals surface area contributed by atoms with E-state index in [0.717, 1.165) is 37.3 Å². The number of hydrogen-bond donors (Lipinski definition) is 0. The maximum Gasteiger partial charge on any atom is 0.276 e. The van der Waals surface area contributed by atoms with Gasteiger partial charge < -0.3 is 9.80 Å². The Hall–Kier alpha value is -2.43. The summed E-state index contributed by atoms with van der Waals surface area (Å²) in [6, 6.07) is 11.4. The zero-order chi connectivity index (χ0) is 16.2. The van der Waals surface area contributed by atoms with Gasteiger partial charge in [0.15, 0.2) is 0 Å². The molecule has 1 amide bonds. The molecule has 0 bridgehead atoms. The number of benzene rings is 1. The lowest BCUT2D eigenvalue weighted by atomic mass is 10.1. The second-order valence-corrected chi connectivity index (χ2v) is 5.94. The molecule has 1 aromatic carbocycles. The molecule has 120 valence electrons. The van der Waals surface area contributed by atoms with Crippen molar-refractivity contribution in [2.75, 3.05) is 29.9 Å². The van der Waals surface area contributed by atoms with Gasteiger partial charge in [-0.1, -0.05) is 18.2 Å². The molecule has 23 heavy (non-hydrogen) atoms. The fourth-order valence-electron chi connectivity index (χ4n) is 2.84. The van der Waals surface area contributed by atoms with Gasteiger partial charge in [-0.3, -0.25) is 4.79 Å². The standard InChI is InChI=1S/C18H22N4O/c1-14-13-16(17(23)21(2)15-9-5-3-6-10-15)20-18(19-14)22-11-7-4-8-12-22/h3,5-6,9-10,13H,4,7-8,11-12H2,1-2H3. The molecular formula is C18H22N4O. The monoisotopic (exact) mass is 310 g/mol. The van der Waals surface area contributed by atoms with Crippen LogP contribution in [0.1, 0.15) is 35.4 Å². The Kier molecular flexibility index (Phi) is 4.55. The quantitative estimate of drug-likeness (QED) is 0.874. The smallest absolute Gasteiger partial charge is 0.276 e. The van der Waals surface area contributed by atoms with E-state index in [0.29, 0.717) is 11.6 Å². The lowest BCUT2D eigenvalue weighted by molar-refractivity contribution is 0.0988. The lowest BCUT2D eigenvalue weighted by Gasteiger charge is -2.27. The number of nitrogens with zero attached hydrogens (tertiary/aromatic N) is 4. The molecule has 1 aromatic heterocycles. The van der Waals surface area contributed by atoms with E-state index in [2.05, 4.69) is 14.9 Å². The van der Waals surface area contributed by atoms with Gasteiger partial charge in [0, 0.05) is 31.5 Å². The van der Waals surface area contributed by atoms with Crippen molar-refractivity contribution in [1.29, 1.82) is 0 Å². The third kappa shape index (κ3) is 3.50. The highest BCUT2D eigenvalue weighted by atomic mass is 16.2. The average molecular weight is 310 g/mol. The highest BCUT2D eigenvalue weighted by Crippen LogP contribution is 2.19. The summed E-state index contributed by atoms with van der Waals surface area (Å²) in [6.45, 7) is 3.84. The molecule has 1 aliphatic heterocycles. The number of para-hydroxylation sites is 1. The molecule has 3 rings (SSSR count). The second kappa shape index (κ2) is 6.77. The van der Waals surface area contributed by atoms with Crippen molar-refractivity contribution in [3.05, 3.63) is 47.8 Å². The minimum Gasteiger partial charge on any atom is -0.341 e. The van der Waals surface area contributed by atoms with E-state index in [9.17, 15) is 4.79 Å². The molecular weight excluding hydrogens is 288 g/mol. The van der Waals surface area contributed by atoms with E-state index in [1.807, 2.05) is 37.3 Å². The summed E-state index contributed by atoms with van der Waals surface area (Å²) < 4.78 is 0. The first-order valence-electron chi connectivity index (χ1n) is 8.09. The highest BCUT2D eigenvalue weighted by molar-refractivity contribution is 6.04. The molecule has 1 aliphatic rings. The number of piperidine rings is 1. The van der Waals surface area contributed by atoms with Gasteiger partial charge in [0.1, 0.15) is 5.69 Å². The van der Waals surface area contributed by atoms with E-state index in [-0.39, 0.29) is 5.91 Å². The SMILES string of the molecule is Cc1cc(C(=O)N(C)c2ccccc2)nc(N2CCCCC2)n1. The topological polar surface area (TPSA) is 49.3 Å². The van der Waals surface area contributed by atoms with E-state index >= 15 is 0 Å². The molecule has 0 saturated carbocycles. The number of rotatable bonds is 3. The van der Waals surface area contributed by atoms with Crippen LogP contribution < -0.4 is 9.80 Å². The van der Waals surface area contributed by atoms with E-state index in [4.69, 9.17) is 0 Å². The molecule has 2 heterocycles. The van der Waals surface area contributed by atoms with Crippen molar-refractivity contribution in [2.24, 2.45) is 0 Å². The summed E-state index contributed by atoms with van der Waals surface area (Å²) in [7, 11) is 1.77. The summed E-state index contributed by atoms with van der Waals surface area (Å²) in [5.74, 6) is 0.564. The van der Waals surface area contributed by atoms with E-state index in [1.165, 1.54) is 6.42 Å². The van der Waals surface area contributed by atoms with Crippen molar-refractivity contribution in [2.45, 2.75) is 26.2 Å². The Balaban J connectivity index is 1.87. The molecule has 0 unspecified atom stereocenters. The molecule has 1 saturated heterocycles. The van der Waals surface area contributed by atoms with Crippen LogP contribution >= 0.6 is 0 Å². The van der Waals surface area contributed by atoms with E-state index < -0.39 is 0 Å². The Morgan fingerprint density at radius 2 is 1.78 bits per heavy atom. The first-order valence-corrected chi connectivity index (χ1v) is 8.09.